The fraction of sp³-hybridized carbons (Fsp3) is 0.526. The zero-order chi connectivity index (χ0) is 38.5. The number of carbonyl (C=O) groups is 3. The molecule has 2 aliphatic heterocycles. The summed E-state index contributed by atoms with van der Waals surface area (Å²) >= 11 is 0. The number of sulfonamides is 1. The van der Waals surface area contributed by atoms with E-state index in [4.69, 9.17) is 4.74 Å². The molecule has 3 aromatic rings. The number of rotatable bonds is 8. The molecule has 3 amide bonds. The van der Waals surface area contributed by atoms with Gasteiger partial charge in [0.25, 0.3) is 11.9 Å². The second kappa shape index (κ2) is 14.2. The first-order chi connectivity index (χ1) is 25.6. The second-order valence-corrected chi connectivity index (χ2v) is 17.3. The van der Waals surface area contributed by atoms with Crippen LogP contribution in [0, 0.1) is 5.92 Å². The number of para-hydroxylation sites is 2. The first-order valence-electron chi connectivity index (χ1n) is 18.6. The molecule has 1 aromatic heterocycles. The Morgan fingerprint density at radius 2 is 1.87 bits per heavy atom. The van der Waals surface area contributed by atoms with Gasteiger partial charge in [-0.2, -0.15) is 18.2 Å². The van der Waals surface area contributed by atoms with Crippen molar-refractivity contribution in [3.8, 4) is 6.01 Å². The summed E-state index contributed by atoms with van der Waals surface area (Å²) in [6, 6.07) is 10.3. The van der Waals surface area contributed by atoms with Gasteiger partial charge in [-0.25, -0.2) is 8.42 Å². The number of nitrogens with zero attached hydrogens (tertiary/aromatic N) is 3. The number of amides is 3. The van der Waals surface area contributed by atoms with E-state index in [1.165, 1.54) is 17.0 Å². The van der Waals surface area contributed by atoms with Crippen LogP contribution in [0.3, 0.4) is 0 Å². The zero-order valence-electron chi connectivity index (χ0n) is 30.2. The lowest BCUT2D eigenvalue weighted by Gasteiger charge is -2.30. The van der Waals surface area contributed by atoms with Crippen LogP contribution in [0.25, 0.3) is 11.0 Å². The summed E-state index contributed by atoms with van der Waals surface area (Å²) < 4.78 is 76.6. The van der Waals surface area contributed by atoms with Gasteiger partial charge < -0.3 is 20.3 Å². The molecule has 2 aliphatic carbocycles. The van der Waals surface area contributed by atoms with Crippen LogP contribution in [0.5, 0.6) is 6.01 Å². The largest absolute Gasteiger partial charge is 0.459 e. The molecule has 2 saturated carbocycles. The van der Waals surface area contributed by atoms with E-state index in [2.05, 4.69) is 20.3 Å². The summed E-state index contributed by atoms with van der Waals surface area (Å²) in [6.07, 6.45) is 2.44. The van der Waals surface area contributed by atoms with Crippen molar-refractivity contribution in [2.24, 2.45) is 5.92 Å². The number of imidazole rings is 1. The molecule has 12 nitrogen and oxygen atoms in total. The lowest BCUT2D eigenvalue weighted by molar-refractivity contribution is -0.140. The predicted molar refractivity (Wildman–Crippen MR) is 195 cm³/mol. The number of fused-ring (bicyclic) bond motifs is 3. The number of carbonyl (C=O) groups excluding carboxylic acids is 3. The number of nitrogens with one attached hydrogen (secondary N) is 3. The molecular weight excluding hydrogens is 726 g/mol. The Kier molecular flexibility index (Phi) is 9.94. The second-order valence-electron chi connectivity index (χ2n) is 15.1. The van der Waals surface area contributed by atoms with Gasteiger partial charge in [-0.1, -0.05) is 43.2 Å². The molecule has 3 N–H and O–H groups in total. The lowest BCUT2D eigenvalue weighted by Crippen LogP contribution is -2.58. The molecule has 0 radical (unpaired) electrons. The number of anilines is 1. The van der Waals surface area contributed by atoms with Gasteiger partial charge in [0.15, 0.2) is 0 Å². The highest BCUT2D eigenvalue weighted by molar-refractivity contribution is 7.91. The molecule has 0 spiro atoms. The minimum Gasteiger partial charge on any atom is -0.459 e. The molecule has 0 unspecified atom stereocenters. The van der Waals surface area contributed by atoms with Crippen molar-refractivity contribution in [1.82, 2.24) is 24.5 Å². The molecule has 3 fully saturated rings. The van der Waals surface area contributed by atoms with E-state index in [-0.39, 0.29) is 31.5 Å². The summed E-state index contributed by atoms with van der Waals surface area (Å²) in [4.78, 5) is 48.8. The Hall–Kier alpha value is -4.60. The number of aromatic nitrogens is 2. The van der Waals surface area contributed by atoms with Gasteiger partial charge in [0, 0.05) is 24.6 Å². The van der Waals surface area contributed by atoms with Crippen LogP contribution in [0.1, 0.15) is 77.2 Å². The van der Waals surface area contributed by atoms with Crippen LogP contribution < -0.4 is 20.1 Å². The maximum absolute atomic E-state index is 14.6. The van der Waals surface area contributed by atoms with E-state index in [9.17, 15) is 36.0 Å². The summed E-state index contributed by atoms with van der Waals surface area (Å²) in [5, 5.41) is 5.88. The summed E-state index contributed by atoms with van der Waals surface area (Å²) in [5.41, 5.74) is -0.758. The van der Waals surface area contributed by atoms with Gasteiger partial charge in [-0.15, -0.1) is 0 Å². The molecule has 3 heterocycles. The molecular formula is C38H45F3N6O6S. The Labute approximate surface area is 311 Å². The van der Waals surface area contributed by atoms with Crippen LogP contribution >= 0.6 is 0 Å². The normalized spacial score (nSPS) is 27.2. The fourth-order valence-corrected chi connectivity index (χ4v) is 8.84. The number of hydrogen-bond donors (Lipinski definition) is 3. The minimum absolute atomic E-state index is 0.0232. The third-order valence-electron chi connectivity index (χ3n) is 11.2. The monoisotopic (exact) mass is 770 g/mol. The number of allylic oxidation sites excluding steroid dienone is 1. The number of halogens is 3. The maximum Gasteiger partial charge on any atom is 0.416 e. The highest BCUT2D eigenvalue weighted by Gasteiger charge is 2.63. The van der Waals surface area contributed by atoms with E-state index < -0.39 is 73.9 Å². The number of hydrogen-bond acceptors (Lipinski definition) is 8. The van der Waals surface area contributed by atoms with Gasteiger partial charge >= 0.3 is 6.18 Å². The molecule has 5 atom stereocenters. The number of benzene rings is 2. The van der Waals surface area contributed by atoms with Crippen molar-refractivity contribution in [1.29, 1.82) is 0 Å². The molecule has 290 valence electrons. The minimum atomic E-state index is -4.59. The number of ether oxygens (including phenoxy) is 1. The third kappa shape index (κ3) is 7.40. The van der Waals surface area contributed by atoms with Gasteiger partial charge in [-0.05, 0) is 82.7 Å². The Morgan fingerprint density at radius 3 is 2.61 bits per heavy atom. The van der Waals surface area contributed by atoms with E-state index in [1.54, 1.807) is 6.92 Å². The Balaban J connectivity index is 1.21. The quantitative estimate of drug-likeness (QED) is 0.262. The molecule has 4 aliphatic rings. The van der Waals surface area contributed by atoms with Crippen molar-refractivity contribution in [2.45, 2.75) is 113 Å². The SMILES string of the molecule is CCn1c(O[C@@H]2C[C@H]3C(=O)N[C@]4(C(=O)NS(=O)(=O)C5(C)CC5)C[C@H]4C=CCCCCC[C@H](Nc4cccc(C(F)(F)F)c4)C(=O)N3C2)nc2ccccc21. The van der Waals surface area contributed by atoms with Crippen LogP contribution in [-0.2, 0) is 37.1 Å². The van der Waals surface area contributed by atoms with Crippen LogP contribution in [0.4, 0.5) is 18.9 Å². The van der Waals surface area contributed by atoms with Gasteiger partial charge in [0.05, 0.1) is 27.9 Å². The van der Waals surface area contributed by atoms with E-state index in [0.717, 1.165) is 24.1 Å². The molecule has 1 saturated heterocycles. The highest BCUT2D eigenvalue weighted by Crippen LogP contribution is 2.47. The van der Waals surface area contributed by atoms with Crippen molar-refractivity contribution in [3.05, 3.63) is 66.2 Å². The average Bonchev–Trinajstić information content (AvgIpc) is 3.95. The third-order valence-corrected chi connectivity index (χ3v) is 13.4. The fourth-order valence-electron chi connectivity index (χ4n) is 7.53. The average molecular weight is 771 g/mol. The summed E-state index contributed by atoms with van der Waals surface area (Å²) in [5.74, 6) is -2.46. The van der Waals surface area contributed by atoms with E-state index in [1.807, 2.05) is 47.9 Å². The topological polar surface area (TPSA) is 152 Å². The lowest BCUT2D eigenvalue weighted by atomic mass is 10.0. The molecule has 2 aromatic carbocycles. The van der Waals surface area contributed by atoms with Crippen molar-refractivity contribution in [3.63, 3.8) is 0 Å². The summed E-state index contributed by atoms with van der Waals surface area (Å²) in [6.45, 7) is 4.00. The maximum atomic E-state index is 14.6. The predicted octanol–water partition coefficient (Wildman–Crippen LogP) is 5.30. The van der Waals surface area contributed by atoms with E-state index in [0.29, 0.717) is 50.2 Å². The van der Waals surface area contributed by atoms with Gasteiger partial charge in [0.2, 0.25) is 21.8 Å². The molecule has 7 rings (SSSR count). The first-order valence-corrected chi connectivity index (χ1v) is 20.0. The van der Waals surface area contributed by atoms with Gasteiger partial charge in [-0.3, -0.25) is 23.7 Å². The standard InChI is InChI=1S/C38H45F3N6O6S/c1-3-46-30-17-10-9-15-28(30)43-35(46)53-27-21-31-32(48)44-37(34(50)45-54(51,52)36(2)18-19-36)22-25(37)12-7-5-4-6-8-16-29(33(49)47(31)23-27)42-26-14-11-13-24(20-26)38(39,40)41/h7,9-15,17,20,25,27,29,31,42H,3-6,8,16,18-19,21-23H2,1-2H3,(H,44,48)(H,45,50)/t25-,27-,29+,31+,37-/m1/s1. The first kappa shape index (κ1) is 37.7. The van der Waals surface area contributed by atoms with Crippen LogP contribution in [0.2, 0.25) is 0 Å². The molecule has 16 heteroatoms. The smallest absolute Gasteiger partial charge is 0.416 e. The van der Waals surface area contributed by atoms with Crippen molar-refractivity contribution in [2.75, 3.05) is 11.9 Å². The molecule has 0 bridgehead atoms. The zero-order valence-corrected chi connectivity index (χ0v) is 31.0. The number of aryl methyl sites for hydroxylation is 1. The van der Waals surface area contributed by atoms with Gasteiger partial charge in [0.1, 0.15) is 23.7 Å². The summed E-state index contributed by atoms with van der Waals surface area (Å²) in [7, 11) is -4.01. The van der Waals surface area contributed by atoms with Crippen LogP contribution in [0.15, 0.2) is 60.7 Å². The Morgan fingerprint density at radius 1 is 1.09 bits per heavy atom. The highest BCUT2D eigenvalue weighted by atomic mass is 32.2. The van der Waals surface area contributed by atoms with Crippen molar-refractivity contribution < 1.29 is 40.7 Å². The van der Waals surface area contributed by atoms with E-state index >= 15 is 0 Å². The Bertz CT molecular complexity index is 2080. The van der Waals surface area contributed by atoms with Crippen molar-refractivity contribution >= 4 is 44.5 Å². The molecule has 54 heavy (non-hydrogen) atoms. The van der Waals surface area contributed by atoms with Crippen LogP contribution in [-0.4, -0.2) is 75.6 Å². The number of alkyl halides is 3.